The number of sulfonamides is 1. The lowest BCUT2D eigenvalue weighted by atomic mass is 9.95. The molecule has 1 heterocycles. The van der Waals surface area contributed by atoms with Crippen molar-refractivity contribution < 1.29 is 13.2 Å². The Hall–Kier alpha value is -2.40. The number of carbonyl (C=O) groups excluding carboxylic acids is 1. The zero-order chi connectivity index (χ0) is 22.9. The molecule has 0 N–H and O–H groups in total. The number of carbonyl (C=O) groups is 1. The van der Waals surface area contributed by atoms with Crippen LogP contribution in [0.4, 0.5) is 0 Å². The molecule has 1 saturated heterocycles. The Bertz CT molecular complexity index is 1110. The first kappa shape index (κ1) is 22.8. The number of halogens is 1. The third-order valence-electron chi connectivity index (χ3n) is 6.39. The monoisotopic (exact) mass is 471 g/mol. The van der Waals surface area contributed by atoms with Crippen molar-refractivity contribution in [3.63, 3.8) is 0 Å². The van der Waals surface area contributed by atoms with Gasteiger partial charge in [0.05, 0.1) is 22.6 Å². The topological polar surface area (TPSA) is 81.5 Å². The van der Waals surface area contributed by atoms with Crippen molar-refractivity contribution in [3.8, 4) is 6.07 Å². The zero-order valence-corrected chi connectivity index (χ0v) is 19.5. The highest BCUT2D eigenvalue weighted by Gasteiger charge is 2.41. The second kappa shape index (κ2) is 9.22. The van der Waals surface area contributed by atoms with Crippen molar-refractivity contribution in [2.24, 2.45) is 5.92 Å². The molecule has 0 radical (unpaired) electrons. The molecule has 1 aliphatic heterocycles. The van der Waals surface area contributed by atoms with Crippen LogP contribution in [0.5, 0.6) is 0 Å². The summed E-state index contributed by atoms with van der Waals surface area (Å²) in [6, 6.07) is 15.8. The van der Waals surface area contributed by atoms with E-state index >= 15 is 0 Å². The summed E-state index contributed by atoms with van der Waals surface area (Å²) in [7, 11) is -3.64. The summed E-state index contributed by atoms with van der Waals surface area (Å²) in [5.41, 5.74) is 1.47. The van der Waals surface area contributed by atoms with E-state index < -0.39 is 10.0 Å². The second-order valence-electron chi connectivity index (χ2n) is 8.52. The molecule has 168 valence electrons. The summed E-state index contributed by atoms with van der Waals surface area (Å²) < 4.78 is 27.4. The van der Waals surface area contributed by atoms with Crippen LogP contribution >= 0.6 is 11.6 Å². The summed E-state index contributed by atoms with van der Waals surface area (Å²) in [5.74, 6) is -0.0665. The highest BCUT2D eigenvalue weighted by atomic mass is 35.5. The quantitative estimate of drug-likeness (QED) is 0.626. The maximum atomic E-state index is 13.5. The molecule has 0 spiro atoms. The van der Waals surface area contributed by atoms with Crippen molar-refractivity contribution in [2.75, 3.05) is 13.1 Å². The lowest BCUT2D eigenvalue weighted by Gasteiger charge is -2.36. The van der Waals surface area contributed by atoms with Gasteiger partial charge in [0, 0.05) is 30.1 Å². The largest absolute Gasteiger partial charge is 0.333 e. The van der Waals surface area contributed by atoms with Crippen molar-refractivity contribution >= 4 is 27.5 Å². The van der Waals surface area contributed by atoms with E-state index in [0.717, 1.165) is 18.4 Å². The molecule has 1 aliphatic carbocycles. The van der Waals surface area contributed by atoms with E-state index in [2.05, 4.69) is 0 Å². The number of piperidine rings is 1. The smallest absolute Gasteiger partial charge is 0.243 e. The molecule has 2 aromatic rings. The molecule has 1 amide bonds. The number of rotatable bonds is 6. The van der Waals surface area contributed by atoms with E-state index in [4.69, 9.17) is 16.9 Å². The Morgan fingerprint density at radius 2 is 1.66 bits per heavy atom. The fraction of sp³-hybridized carbons (Fsp3) is 0.417. The first-order valence-electron chi connectivity index (χ1n) is 10.9. The number of nitrogens with zero attached hydrogens (tertiary/aromatic N) is 3. The zero-order valence-electron chi connectivity index (χ0n) is 17.9. The average molecular weight is 472 g/mol. The SMILES string of the molecule is CC(c1ccc(Cl)cc1)N(C(=O)C1CCN(S(=O)(=O)c2ccc(C#N)cc2)CC1)C1CC1. The predicted molar refractivity (Wildman–Crippen MR) is 122 cm³/mol. The van der Waals surface area contributed by atoms with E-state index in [0.29, 0.717) is 36.5 Å². The Morgan fingerprint density at radius 3 is 2.19 bits per heavy atom. The van der Waals surface area contributed by atoms with Crippen LogP contribution in [0.2, 0.25) is 5.02 Å². The summed E-state index contributed by atoms with van der Waals surface area (Å²) in [6.45, 7) is 2.67. The Balaban J connectivity index is 1.43. The van der Waals surface area contributed by atoms with Gasteiger partial charge in [0.2, 0.25) is 15.9 Å². The average Bonchev–Trinajstić information content (AvgIpc) is 3.65. The van der Waals surface area contributed by atoms with Gasteiger partial charge in [0.1, 0.15) is 0 Å². The van der Waals surface area contributed by atoms with Gasteiger partial charge in [-0.25, -0.2) is 8.42 Å². The van der Waals surface area contributed by atoms with Crippen molar-refractivity contribution in [1.82, 2.24) is 9.21 Å². The Kier molecular flexibility index (Phi) is 6.57. The summed E-state index contributed by atoms with van der Waals surface area (Å²) >= 11 is 6.02. The second-order valence-corrected chi connectivity index (χ2v) is 10.9. The minimum absolute atomic E-state index is 0.0484. The summed E-state index contributed by atoms with van der Waals surface area (Å²) in [6.07, 6.45) is 3.03. The van der Waals surface area contributed by atoms with Crippen LogP contribution < -0.4 is 0 Å². The van der Waals surface area contributed by atoms with Crippen LogP contribution in [-0.2, 0) is 14.8 Å². The van der Waals surface area contributed by atoms with Crippen molar-refractivity contribution in [3.05, 3.63) is 64.7 Å². The van der Waals surface area contributed by atoms with Gasteiger partial charge in [0.25, 0.3) is 0 Å². The first-order chi connectivity index (χ1) is 15.3. The highest BCUT2D eigenvalue weighted by molar-refractivity contribution is 7.89. The normalized spacial score (nSPS) is 18.7. The summed E-state index contributed by atoms with van der Waals surface area (Å²) in [4.78, 5) is 15.6. The van der Waals surface area contributed by atoms with Gasteiger partial charge in [-0.1, -0.05) is 23.7 Å². The molecule has 2 fully saturated rings. The van der Waals surface area contributed by atoms with Gasteiger partial charge in [-0.2, -0.15) is 9.57 Å². The molecular formula is C24H26ClN3O3S. The maximum absolute atomic E-state index is 13.5. The van der Waals surface area contributed by atoms with Crippen LogP contribution in [-0.4, -0.2) is 42.7 Å². The maximum Gasteiger partial charge on any atom is 0.243 e. The van der Waals surface area contributed by atoms with Crippen LogP contribution in [0, 0.1) is 17.2 Å². The van der Waals surface area contributed by atoms with E-state index in [-0.39, 0.29) is 28.8 Å². The molecule has 6 nitrogen and oxygen atoms in total. The van der Waals surface area contributed by atoms with Gasteiger partial charge in [-0.3, -0.25) is 4.79 Å². The van der Waals surface area contributed by atoms with Crippen molar-refractivity contribution in [1.29, 1.82) is 5.26 Å². The lowest BCUT2D eigenvalue weighted by Crippen LogP contribution is -2.45. The van der Waals surface area contributed by atoms with E-state index in [9.17, 15) is 13.2 Å². The van der Waals surface area contributed by atoms with Crippen LogP contribution in [0.15, 0.2) is 53.4 Å². The third kappa shape index (κ3) is 4.68. The molecule has 1 unspecified atom stereocenters. The van der Waals surface area contributed by atoms with Crippen LogP contribution in [0.1, 0.15) is 49.8 Å². The van der Waals surface area contributed by atoms with Gasteiger partial charge in [0.15, 0.2) is 0 Å². The van der Waals surface area contributed by atoms with Crippen molar-refractivity contribution in [2.45, 2.75) is 49.6 Å². The fourth-order valence-corrected chi connectivity index (χ4v) is 5.94. The van der Waals surface area contributed by atoms with E-state index in [1.807, 2.05) is 42.2 Å². The standard InChI is InChI=1S/C24H26ClN3O3S/c1-17(19-4-6-21(25)7-5-19)28(22-8-9-22)24(29)20-12-14-27(15-13-20)32(30,31)23-10-2-18(16-26)3-11-23/h2-7,10-11,17,20,22H,8-9,12-15H2,1H3. The van der Waals surface area contributed by atoms with E-state index in [1.165, 1.54) is 28.6 Å². The Morgan fingerprint density at radius 1 is 1.06 bits per heavy atom. The predicted octanol–water partition coefficient (Wildman–Crippen LogP) is 4.36. The van der Waals surface area contributed by atoms with Gasteiger partial charge < -0.3 is 4.90 Å². The van der Waals surface area contributed by atoms with Crippen LogP contribution in [0.25, 0.3) is 0 Å². The first-order valence-corrected chi connectivity index (χ1v) is 12.7. The molecule has 2 aromatic carbocycles. The van der Waals surface area contributed by atoms with Gasteiger partial charge >= 0.3 is 0 Å². The third-order valence-corrected chi connectivity index (χ3v) is 8.55. The fourth-order valence-electron chi connectivity index (χ4n) is 4.35. The lowest BCUT2D eigenvalue weighted by molar-refractivity contribution is -0.139. The molecule has 2 aliphatic rings. The van der Waals surface area contributed by atoms with Gasteiger partial charge in [-0.15, -0.1) is 0 Å². The summed E-state index contributed by atoms with van der Waals surface area (Å²) in [5, 5.41) is 9.59. The molecular weight excluding hydrogens is 446 g/mol. The minimum Gasteiger partial charge on any atom is -0.333 e. The molecule has 8 heteroatoms. The molecule has 4 rings (SSSR count). The number of hydrogen-bond donors (Lipinski definition) is 0. The van der Waals surface area contributed by atoms with Gasteiger partial charge in [-0.05, 0) is 74.6 Å². The number of nitriles is 1. The van der Waals surface area contributed by atoms with E-state index in [1.54, 1.807) is 0 Å². The molecule has 1 atom stereocenters. The highest BCUT2D eigenvalue weighted by Crippen LogP contribution is 2.37. The molecule has 1 saturated carbocycles. The number of benzene rings is 2. The van der Waals surface area contributed by atoms with Crippen LogP contribution in [0.3, 0.4) is 0 Å². The number of amides is 1. The number of hydrogen-bond acceptors (Lipinski definition) is 4. The molecule has 0 bridgehead atoms. The Labute approximate surface area is 194 Å². The molecule has 0 aromatic heterocycles. The molecule has 32 heavy (non-hydrogen) atoms. The minimum atomic E-state index is -3.64.